The summed E-state index contributed by atoms with van der Waals surface area (Å²) in [5, 5.41) is 11.6. The number of benzene rings is 2. The molecule has 5 rings (SSSR count). The van der Waals surface area contributed by atoms with E-state index in [9.17, 15) is 14.7 Å². The first-order valence-electron chi connectivity index (χ1n) is 11.4. The maximum absolute atomic E-state index is 13.5. The molecule has 4 aromatic rings. The van der Waals surface area contributed by atoms with Crippen LogP contribution in [-0.4, -0.2) is 45.3 Å². The van der Waals surface area contributed by atoms with Gasteiger partial charge in [0.05, 0.1) is 31.5 Å². The van der Waals surface area contributed by atoms with Crippen molar-refractivity contribution in [1.29, 1.82) is 0 Å². The Morgan fingerprint density at radius 1 is 0.972 bits per heavy atom. The number of methoxy groups -OCH3 is 2. The summed E-state index contributed by atoms with van der Waals surface area (Å²) in [4.78, 5) is 32.8. The molecule has 2 aromatic heterocycles. The minimum Gasteiger partial charge on any atom is -0.505 e. The van der Waals surface area contributed by atoms with Crippen LogP contribution in [0, 0.1) is 6.92 Å². The minimum atomic E-state index is -0.848. The first-order chi connectivity index (χ1) is 17.4. The van der Waals surface area contributed by atoms with Crippen LogP contribution in [0.15, 0.2) is 78.5 Å². The van der Waals surface area contributed by atoms with Crippen LogP contribution in [0.1, 0.15) is 28.6 Å². The Kier molecular flexibility index (Phi) is 5.93. The molecule has 36 heavy (non-hydrogen) atoms. The molecule has 8 heteroatoms. The fourth-order valence-corrected chi connectivity index (χ4v) is 4.72. The molecule has 1 atom stereocenters. The predicted molar refractivity (Wildman–Crippen MR) is 134 cm³/mol. The molecular formula is C28H25N3O5. The molecule has 2 aromatic carbocycles. The van der Waals surface area contributed by atoms with Gasteiger partial charge in [0.15, 0.2) is 17.3 Å². The molecule has 8 nitrogen and oxygen atoms in total. The third kappa shape index (κ3) is 3.76. The number of rotatable bonds is 6. The van der Waals surface area contributed by atoms with E-state index in [-0.39, 0.29) is 17.9 Å². The van der Waals surface area contributed by atoms with E-state index >= 15 is 0 Å². The van der Waals surface area contributed by atoms with Gasteiger partial charge < -0.3 is 19.5 Å². The van der Waals surface area contributed by atoms with Crippen LogP contribution in [0.5, 0.6) is 11.5 Å². The first-order valence-corrected chi connectivity index (χ1v) is 11.4. The van der Waals surface area contributed by atoms with Gasteiger partial charge in [-0.1, -0.05) is 42.5 Å². The second-order valence-corrected chi connectivity index (χ2v) is 8.50. The van der Waals surface area contributed by atoms with Crippen molar-refractivity contribution in [3.05, 3.63) is 101 Å². The number of hydrogen-bond donors (Lipinski definition) is 1. The van der Waals surface area contributed by atoms with Gasteiger partial charge in [-0.2, -0.15) is 0 Å². The summed E-state index contributed by atoms with van der Waals surface area (Å²) in [5.41, 5.74) is 2.99. The Hall–Kier alpha value is -4.59. The van der Waals surface area contributed by atoms with Crippen LogP contribution in [0.4, 0.5) is 0 Å². The van der Waals surface area contributed by atoms with Crippen molar-refractivity contribution in [2.45, 2.75) is 19.5 Å². The number of amides is 1. The number of ketones is 1. The van der Waals surface area contributed by atoms with Crippen molar-refractivity contribution in [3.63, 3.8) is 0 Å². The monoisotopic (exact) mass is 483 g/mol. The maximum atomic E-state index is 13.5. The average molecular weight is 484 g/mol. The summed E-state index contributed by atoms with van der Waals surface area (Å²) in [6, 6.07) is 19.2. The van der Waals surface area contributed by atoms with Crippen molar-refractivity contribution in [2.24, 2.45) is 0 Å². The Bertz CT molecular complexity index is 1510. The number of carbonyl (C=O) groups is 2. The van der Waals surface area contributed by atoms with Gasteiger partial charge >= 0.3 is 0 Å². The van der Waals surface area contributed by atoms with Crippen LogP contribution in [0.25, 0.3) is 11.4 Å². The molecule has 0 radical (unpaired) electrons. The van der Waals surface area contributed by atoms with E-state index in [0.717, 1.165) is 5.56 Å². The van der Waals surface area contributed by atoms with Crippen LogP contribution in [0.3, 0.4) is 0 Å². The van der Waals surface area contributed by atoms with Crippen LogP contribution in [-0.2, 0) is 16.1 Å². The van der Waals surface area contributed by atoms with Gasteiger partial charge in [0, 0.05) is 12.7 Å². The minimum absolute atomic E-state index is 0.00287. The molecule has 1 amide bonds. The zero-order valence-electron chi connectivity index (χ0n) is 20.1. The lowest BCUT2D eigenvalue weighted by Crippen LogP contribution is -2.29. The van der Waals surface area contributed by atoms with Crippen LogP contribution < -0.4 is 9.47 Å². The number of nitrogens with zero attached hydrogens (tertiary/aromatic N) is 3. The standard InChI is InChI=1S/C28H25N3O5/c1-17-24(30-14-8-7-11-22(30)29-17)26(32)23-25(19-12-13-20(35-2)21(15-19)36-3)31(28(34)27(23)33)16-18-9-5-4-6-10-18/h4-15,25,32H,16H2,1-3H3/b26-23+. The number of ether oxygens (including phenoxy) is 2. The Morgan fingerprint density at radius 3 is 2.42 bits per heavy atom. The third-order valence-electron chi connectivity index (χ3n) is 6.39. The number of pyridine rings is 1. The fraction of sp³-hybridized carbons (Fsp3) is 0.179. The third-order valence-corrected chi connectivity index (χ3v) is 6.39. The second-order valence-electron chi connectivity index (χ2n) is 8.50. The van der Waals surface area contributed by atoms with Crippen molar-refractivity contribution in [3.8, 4) is 11.5 Å². The second kappa shape index (κ2) is 9.22. The lowest BCUT2D eigenvalue weighted by Gasteiger charge is -2.26. The molecular weight excluding hydrogens is 458 g/mol. The van der Waals surface area contributed by atoms with Gasteiger partial charge in [-0.15, -0.1) is 0 Å². The number of carbonyl (C=O) groups excluding carboxylic acids is 2. The first kappa shape index (κ1) is 23.2. The van der Waals surface area contributed by atoms with Crippen molar-refractivity contribution in [1.82, 2.24) is 14.3 Å². The molecule has 182 valence electrons. The number of aryl methyl sites for hydroxylation is 1. The van der Waals surface area contributed by atoms with Crippen molar-refractivity contribution in [2.75, 3.05) is 14.2 Å². The van der Waals surface area contributed by atoms with Gasteiger partial charge in [-0.25, -0.2) is 4.98 Å². The van der Waals surface area contributed by atoms with E-state index in [0.29, 0.717) is 34.1 Å². The van der Waals surface area contributed by atoms with Crippen molar-refractivity contribution < 1.29 is 24.2 Å². The number of Topliss-reactive ketones (excluding diaryl/α,β-unsaturated/α-hetero) is 1. The van der Waals surface area contributed by atoms with Gasteiger partial charge in [0.2, 0.25) is 0 Å². The molecule has 1 unspecified atom stereocenters. The Labute approximate surface area is 208 Å². The Morgan fingerprint density at radius 2 is 1.69 bits per heavy atom. The summed E-state index contributed by atoms with van der Waals surface area (Å²) < 4.78 is 12.6. The molecule has 0 aliphatic carbocycles. The fourth-order valence-electron chi connectivity index (χ4n) is 4.72. The summed E-state index contributed by atoms with van der Waals surface area (Å²) >= 11 is 0. The number of aromatic nitrogens is 2. The molecule has 0 bridgehead atoms. The topological polar surface area (TPSA) is 93.4 Å². The highest BCUT2D eigenvalue weighted by atomic mass is 16.5. The van der Waals surface area contributed by atoms with Crippen molar-refractivity contribution >= 4 is 23.1 Å². The number of hydrogen-bond acceptors (Lipinski definition) is 6. The zero-order chi connectivity index (χ0) is 25.4. The van der Waals surface area contributed by atoms with Gasteiger partial charge in [0.25, 0.3) is 11.7 Å². The van der Waals surface area contributed by atoms with E-state index in [1.165, 1.54) is 19.1 Å². The smallest absolute Gasteiger partial charge is 0.295 e. The normalized spacial score (nSPS) is 17.1. The lowest BCUT2D eigenvalue weighted by molar-refractivity contribution is -0.140. The highest BCUT2D eigenvalue weighted by molar-refractivity contribution is 6.46. The summed E-state index contributed by atoms with van der Waals surface area (Å²) in [5.74, 6) is -0.759. The van der Waals surface area contributed by atoms with Gasteiger partial charge in [-0.3, -0.25) is 14.0 Å². The molecule has 1 saturated heterocycles. The van der Waals surface area contributed by atoms with E-state index in [1.54, 1.807) is 35.7 Å². The molecule has 0 spiro atoms. The van der Waals surface area contributed by atoms with Crippen LogP contribution in [0.2, 0.25) is 0 Å². The number of imidazole rings is 1. The molecule has 1 aliphatic heterocycles. The molecule has 1 fully saturated rings. The van der Waals surface area contributed by atoms with E-state index < -0.39 is 17.7 Å². The van der Waals surface area contributed by atoms with Gasteiger partial charge in [-0.05, 0) is 42.3 Å². The highest BCUT2D eigenvalue weighted by Gasteiger charge is 2.46. The summed E-state index contributed by atoms with van der Waals surface area (Å²) in [6.45, 7) is 1.95. The molecule has 3 heterocycles. The zero-order valence-corrected chi connectivity index (χ0v) is 20.1. The number of aliphatic hydroxyl groups is 1. The largest absolute Gasteiger partial charge is 0.505 e. The molecule has 0 saturated carbocycles. The van der Waals surface area contributed by atoms with E-state index in [4.69, 9.17) is 9.47 Å². The van der Waals surface area contributed by atoms with Gasteiger partial charge in [0.1, 0.15) is 11.3 Å². The molecule has 1 N–H and O–H groups in total. The predicted octanol–water partition coefficient (Wildman–Crippen LogP) is 4.28. The average Bonchev–Trinajstić information content (AvgIpc) is 3.37. The lowest BCUT2D eigenvalue weighted by atomic mass is 9.95. The maximum Gasteiger partial charge on any atom is 0.295 e. The number of fused-ring (bicyclic) bond motifs is 1. The number of aliphatic hydroxyl groups excluding tert-OH is 1. The quantitative estimate of drug-likeness (QED) is 0.250. The van der Waals surface area contributed by atoms with E-state index in [1.807, 2.05) is 48.5 Å². The van der Waals surface area contributed by atoms with Crippen LogP contribution >= 0.6 is 0 Å². The highest BCUT2D eigenvalue weighted by Crippen LogP contribution is 2.43. The SMILES string of the molecule is COc1ccc(C2/C(=C(\O)c3c(C)nc4ccccn34)C(=O)C(=O)N2Cc2ccccc2)cc1OC. The summed E-state index contributed by atoms with van der Waals surface area (Å²) in [7, 11) is 3.05. The molecule has 1 aliphatic rings. The summed E-state index contributed by atoms with van der Waals surface area (Å²) in [6.07, 6.45) is 1.76. The Balaban J connectivity index is 1.73. The van der Waals surface area contributed by atoms with E-state index in [2.05, 4.69) is 4.98 Å². The number of likely N-dealkylation sites (tertiary alicyclic amines) is 1.